The molecule has 1 aromatic carbocycles. The van der Waals surface area contributed by atoms with E-state index >= 15 is 0 Å². The van der Waals surface area contributed by atoms with Gasteiger partial charge in [0.15, 0.2) is 5.76 Å². The molecule has 0 saturated carbocycles. The fourth-order valence-electron chi connectivity index (χ4n) is 1.92. The quantitative estimate of drug-likeness (QED) is 0.762. The maximum Gasteiger partial charge on any atom is 0.573 e. The van der Waals surface area contributed by atoms with E-state index in [9.17, 15) is 18.0 Å². The number of carbonyl (C=O) groups is 1. The zero-order chi connectivity index (χ0) is 17.2. The van der Waals surface area contributed by atoms with E-state index in [2.05, 4.69) is 25.2 Å². The third-order valence-electron chi connectivity index (χ3n) is 2.85. The van der Waals surface area contributed by atoms with E-state index in [4.69, 9.17) is 4.42 Å². The molecule has 0 aliphatic carbocycles. The minimum atomic E-state index is -4.84. The van der Waals surface area contributed by atoms with Crippen LogP contribution in [-0.4, -0.2) is 27.5 Å². The maximum atomic E-state index is 12.4. The molecule has 7 nitrogen and oxygen atoms in total. The molecule has 0 atom stereocenters. The van der Waals surface area contributed by atoms with Gasteiger partial charge in [0.1, 0.15) is 17.8 Å². The fraction of sp³-hybridized carbons (Fsp3) is 0.0714. The number of ether oxygens (including phenoxy) is 1. The molecule has 0 spiro atoms. The highest BCUT2D eigenvalue weighted by atomic mass is 19.4. The van der Waals surface area contributed by atoms with Gasteiger partial charge in [0, 0.05) is 0 Å². The third kappa shape index (κ3) is 3.54. The van der Waals surface area contributed by atoms with Crippen molar-refractivity contribution in [1.82, 2.24) is 15.2 Å². The molecule has 3 rings (SSSR count). The molecular weight excluding hydrogens is 329 g/mol. The Morgan fingerprint density at radius 3 is 2.71 bits per heavy atom. The largest absolute Gasteiger partial charge is 0.573 e. The summed E-state index contributed by atoms with van der Waals surface area (Å²) in [5.41, 5.74) is 0.0635. The summed E-state index contributed by atoms with van der Waals surface area (Å²) in [6.45, 7) is 0. The number of halogens is 3. The molecule has 10 heteroatoms. The summed E-state index contributed by atoms with van der Waals surface area (Å²) < 4.78 is 46.6. The van der Waals surface area contributed by atoms with E-state index in [-0.39, 0.29) is 23.0 Å². The van der Waals surface area contributed by atoms with E-state index in [0.717, 1.165) is 6.07 Å². The molecule has 24 heavy (non-hydrogen) atoms. The summed E-state index contributed by atoms with van der Waals surface area (Å²) in [4.78, 5) is 15.7. The normalized spacial score (nSPS) is 11.3. The van der Waals surface area contributed by atoms with Crippen molar-refractivity contribution in [2.75, 3.05) is 5.32 Å². The summed E-state index contributed by atoms with van der Waals surface area (Å²) in [6.07, 6.45) is -3.64. The summed E-state index contributed by atoms with van der Waals surface area (Å²) in [7, 11) is 0. The molecule has 0 aliphatic rings. The van der Waals surface area contributed by atoms with Crippen LogP contribution in [0, 0.1) is 0 Å². The number of furan rings is 1. The average molecular weight is 338 g/mol. The standard InChI is InChI=1S/C14H9F3N4O3/c15-14(16,17)24-10-4-2-1-3-8(10)9-5-6-11(23-9)12(22)20-13-18-7-19-21-13/h1-7H,(H2,18,19,20,21,22). The number of hydrogen-bond donors (Lipinski definition) is 2. The molecule has 124 valence electrons. The number of amides is 1. The number of carbonyl (C=O) groups excluding carboxylic acids is 1. The third-order valence-corrected chi connectivity index (χ3v) is 2.85. The maximum absolute atomic E-state index is 12.4. The Morgan fingerprint density at radius 2 is 2.00 bits per heavy atom. The van der Waals surface area contributed by atoms with Gasteiger partial charge in [0.2, 0.25) is 5.95 Å². The van der Waals surface area contributed by atoms with Crippen LogP contribution in [0.25, 0.3) is 11.3 Å². The molecule has 2 N–H and O–H groups in total. The fourth-order valence-corrected chi connectivity index (χ4v) is 1.92. The topological polar surface area (TPSA) is 93.0 Å². The van der Waals surface area contributed by atoms with Crippen molar-refractivity contribution in [3.63, 3.8) is 0 Å². The lowest BCUT2D eigenvalue weighted by Crippen LogP contribution is -2.17. The minimum absolute atomic E-state index is 0.0533. The van der Waals surface area contributed by atoms with E-state index in [1.165, 1.54) is 36.7 Å². The monoisotopic (exact) mass is 338 g/mol. The molecule has 1 amide bonds. The smallest absolute Gasteiger partial charge is 0.451 e. The van der Waals surface area contributed by atoms with E-state index in [0.29, 0.717) is 0 Å². The molecule has 0 radical (unpaired) electrons. The molecular formula is C14H9F3N4O3. The van der Waals surface area contributed by atoms with Crippen LogP contribution in [0.5, 0.6) is 5.75 Å². The summed E-state index contributed by atoms with van der Waals surface area (Å²) in [6, 6.07) is 8.15. The molecule has 3 aromatic rings. The second-order valence-electron chi connectivity index (χ2n) is 4.50. The number of anilines is 1. The van der Waals surface area contributed by atoms with Crippen LogP contribution in [0.2, 0.25) is 0 Å². The lowest BCUT2D eigenvalue weighted by Gasteiger charge is -2.11. The summed E-state index contributed by atoms with van der Waals surface area (Å²) in [5.74, 6) is -1.01. The molecule has 0 saturated heterocycles. The number of nitrogens with zero attached hydrogens (tertiary/aromatic N) is 2. The van der Waals surface area contributed by atoms with Crippen molar-refractivity contribution >= 4 is 11.9 Å². The Balaban J connectivity index is 1.84. The number of hydrogen-bond acceptors (Lipinski definition) is 5. The Morgan fingerprint density at radius 1 is 1.21 bits per heavy atom. The van der Waals surface area contributed by atoms with Gasteiger partial charge < -0.3 is 9.15 Å². The summed E-state index contributed by atoms with van der Waals surface area (Å²) >= 11 is 0. The van der Waals surface area contributed by atoms with Crippen molar-refractivity contribution in [1.29, 1.82) is 0 Å². The number of aromatic nitrogens is 3. The average Bonchev–Trinajstić information content (AvgIpc) is 3.17. The second kappa shape index (κ2) is 6.07. The molecule has 2 aromatic heterocycles. The van der Waals surface area contributed by atoms with Crippen LogP contribution in [0.15, 0.2) is 47.1 Å². The van der Waals surface area contributed by atoms with Crippen LogP contribution in [0.3, 0.4) is 0 Å². The zero-order valence-corrected chi connectivity index (χ0v) is 11.8. The zero-order valence-electron chi connectivity index (χ0n) is 11.8. The van der Waals surface area contributed by atoms with Gasteiger partial charge in [-0.05, 0) is 24.3 Å². The predicted molar refractivity (Wildman–Crippen MR) is 75.2 cm³/mol. The van der Waals surface area contributed by atoms with Gasteiger partial charge in [0.05, 0.1) is 5.56 Å². The lowest BCUT2D eigenvalue weighted by atomic mass is 10.1. The van der Waals surface area contributed by atoms with Crippen molar-refractivity contribution in [3.8, 4) is 17.1 Å². The van der Waals surface area contributed by atoms with Gasteiger partial charge in [0.25, 0.3) is 5.91 Å². The number of alkyl halides is 3. The van der Waals surface area contributed by atoms with E-state index < -0.39 is 18.0 Å². The number of benzene rings is 1. The van der Waals surface area contributed by atoms with E-state index in [1.807, 2.05) is 0 Å². The first-order chi connectivity index (χ1) is 11.4. The van der Waals surface area contributed by atoms with Crippen molar-refractivity contribution < 1.29 is 27.1 Å². The van der Waals surface area contributed by atoms with Gasteiger partial charge in [-0.3, -0.25) is 10.1 Å². The van der Waals surface area contributed by atoms with Crippen LogP contribution in [0.4, 0.5) is 19.1 Å². The SMILES string of the molecule is O=C(Nc1ncn[nH]1)c1ccc(-c2ccccc2OC(F)(F)F)o1. The molecule has 2 heterocycles. The van der Waals surface area contributed by atoms with Gasteiger partial charge >= 0.3 is 6.36 Å². The van der Waals surface area contributed by atoms with Crippen LogP contribution in [0.1, 0.15) is 10.6 Å². The van der Waals surface area contributed by atoms with Crippen LogP contribution >= 0.6 is 0 Å². The van der Waals surface area contributed by atoms with Crippen molar-refractivity contribution in [2.24, 2.45) is 0 Å². The molecule has 0 fully saturated rings. The van der Waals surface area contributed by atoms with Crippen LogP contribution < -0.4 is 10.1 Å². The predicted octanol–water partition coefficient (Wildman–Crippen LogP) is 3.22. The van der Waals surface area contributed by atoms with Crippen LogP contribution in [-0.2, 0) is 0 Å². The van der Waals surface area contributed by atoms with Gasteiger partial charge in [-0.1, -0.05) is 12.1 Å². The Hall–Kier alpha value is -3.30. The Kier molecular flexibility index (Phi) is 3.94. The minimum Gasteiger partial charge on any atom is -0.451 e. The first kappa shape index (κ1) is 15.6. The number of H-pyrrole nitrogens is 1. The van der Waals surface area contributed by atoms with Gasteiger partial charge in [-0.2, -0.15) is 10.1 Å². The Bertz CT molecular complexity index is 843. The number of rotatable bonds is 4. The first-order valence-corrected chi connectivity index (χ1v) is 6.54. The molecule has 0 aliphatic heterocycles. The number of nitrogens with one attached hydrogen (secondary N) is 2. The van der Waals surface area contributed by atoms with E-state index in [1.54, 1.807) is 0 Å². The highest BCUT2D eigenvalue weighted by molar-refractivity contribution is 6.01. The lowest BCUT2D eigenvalue weighted by molar-refractivity contribution is -0.274. The highest BCUT2D eigenvalue weighted by Crippen LogP contribution is 2.34. The van der Waals surface area contributed by atoms with Gasteiger partial charge in [-0.25, -0.2) is 5.10 Å². The number of para-hydroxylation sites is 1. The first-order valence-electron chi connectivity index (χ1n) is 6.54. The molecule has 0 unspecified atom stereocenters. The summed E-state index contributed by atoms with van der Waals surface area (Å²) in [5, 5.41) is 8.38. The molecule has 0 bridgehead atoms. The van der Waals surface area contributed by atoms with Crippen molar-refractivity contribution in [2.45, 2.75) is 6.36 Å². The van der Waals surface area contributed by atoms with Crippen molar-refractivity contribution in [3.05, 3.63) is 48.5 Å². The second-order valence-corrected chi connectivity index (χ2v) is 4.50. The highest BCUT2D eigenvalue weighted by Gasteiger charge is 2.32. The van der Waals surface area contributed by atoms with Gasteiger partial charge in [-0.15, -0.1) is 13.2 Å². The Labute approximate surface area is 132 Å². The number of aromatic amines is 1.